The zero-order valence-corrected chi connectivity index (χ0v) is 16.2. The molecule has 0 aliphatic rings. The minimum absolute atomic E-state index is 0.00520. The van der Waals surface area contributed by atoms with Gasteiger partial charge in [-0.1, -0.05) is 37.8 Å². The molecule has 2 N–H and O–H groups in total. The first-order valence-electron chi connectivity index (χ1n) is 8.34. The summed E-state index contributed by atoms with van der Waals surface area (Å²) in [6, 6.07) is 4.12. The molecule has 8 heteroatoms. The highest BCUT2D eigenvalue weighted by Crippen LogP contribution is 2.23. The molecule has 1 aromatic carbocycles. The highest BCUT2D eigenvalue weighted by atomic mass is 35.5. The number of Topliss-reactive ketones (excluding diaryl/α,β-unsaturated/α-hetero) is 1. The SMILES string of the molecule is CCCCCCNS(=O)(=O)c1cc(C(=O)CCC(=O)NC)ccc1Cl. The summed E-state index contributed by atoms with van der Waals surface area (Å²) in [7, 11) is -2.29. The van der Waals surface area contributed by atoms with E-state index in [1.807, 2.05) is 0 Å². The fourth-order valence-corrected chi connectivity index (χ4v) is 3.81. The fraction of sp³-hybridized carbons (Fsp3) is 0.529. The topological polar surface area (TPSA) is 92.3 Å². The molecular weight excluding hydrogens is 364 g/mol. The van der Waals surface area contributed by atoms with Crippen LogP contribution in [0.3, 0.4) is 0 Å². The number of carbonyl (C=O) groups excluding carboxylic acids is 2. The molecule has 0 radical (unpaired) electrons. The number of benzene rings is 1. The van der Waals surface area contributed by atoms with Crippen LogP contribution < -0.4 is 10.0 Å². The third-order valence-electron chi connectivity index (χ3n) is 3.72. The molecule has 25 heavy (non-hydrogen) atoms. The van der Waals surface area contributed by atoms with E-state index >= 15 is 0 Å². The summed E-state index contributed by atoms with van der Waals surface area (Å²) in [6.45, 7) is 2.41. The maximum Gasteiger partial charge on any atom is 0.242 e. The van der Waals surface area contributed by atoms with Gasteiger partial charge in [-0.2, -0.15) is 0 Å². The van der Waals surface area contributed by atoms with Gasteiger partial charge in [-0.25, -0.2) is 13.1 Å². The van der Waals surface area contributed by atoms with Crippen LogP contribution in [0.25, 0.3) is 0 Å². The van der Waals surface area contributed by atoms with E-state index in [0.717, 1.165) is 25.7 Å². The van der Waals surface area contributed by atoms with Crippen molar-refractivity contribution < 1.29 is 18.0 Å². The first-order valence-corrected chi connectivity index (χ1v) is 10.2. The van der Waals surface area contributed by atoms with Crippen molar-refractivity contribution in [2.24, 2.45) is 0 Å². The molecular formula is C17H25ClN2O4S. The van der Waals surface area contributed by atoms with E-state index in [1.54, 1.807) is 0 Å². The van der Waals surface area contributed by atoms with Crippen LogP contribution in [0, 0.1) is 0 Å². The lowest BCUT2D eigenvalue weighted by molar-refractivity contribution is -0.120. The van der Waals surface area contributed by atoms with E-state index in [0.29, 0.717) is 6.54 Å². The van der Waals surface area contributed by atoms with Gasteiger partial charge in [0.2, 0.25) is 15.9 Å². The molecule has 6 nitrogen and oxygen atoms in total. The third kappa shape index (κ3) is 7.13. The molecule has 0 spiro atoms. The number of unbranched alkanes of at least 4 members (excludes halogenated alkanes) is 3. The van der Waals surface area contributed by atoms with Crippen molar-refractivity contribution in [3.05, 3.63) is 28.8 Å². The monoisotopic (exact) mass is 388 g/mol. The third-order valence-corrected chi connectivity index (χ3v) is 5.67. The maximum absolute atomic E-state index is 12.4. The molecule has 0 unspecified atom stereocenters. The van der Waals surface area contributed by atoms with E-state index in [9.17, 15) is 18.0 Å². The van der Waals surface area contributed by atoms with Gasteiger partial charge in [0, 0.05) is 32.0 Å². The average molecular weight is 389 g/mol. The lowest BCUT2D eigenvalue weighted by atomic mass is 10.1. The fourth-order valence-electron chi connectivity index (χ4n) is 2.22. The number of halogens is 1. The van der Waals surface area contributed by atoms with Crippen LogP contribution in [-0.2, 0) is 14.8 Å². The number of carbonyl (C=O) groups is 2. The van der Waals surface area contributed by atoms with Gasteiger partial charge in [0.05, 0.1) is 5.02 Å². The largest absolute Gasteiger partial charge is 0.359 e. The highest BCUT2D eigenvalue weighted by Gasteiger charge is 2.20. The Balaban J connectivity index is 2.82. The first kappa shape index (κ1) is 21.6. The highest BCUT2D eigenvalue weighted by molar-refractivity contribution is 7.89. The van der Waals surface area contributed by atoms with Gasteiger partial charge in [-0.15, -0.1) is 0 Å². The Hall–Kier alpha value is -1.44. The molecule has 0 aliphatic heterocycles. The number of rotatable bonds is 11. The molecule has 0 atom stereocenters. The van der Waals surface area contributed by atoms with Crippen molar-refractivity contribution in [3.8, 4) is 0 Å². The minimum Gasteiger partial charge on any atom is -0.359 e. The van der Waals surface area contributed by atoms with Crippen LogP contribution in [0.2, 0.25) is 5.02 Å². The van der Waals surface area contributed by atoms with E-state index in [-0.39, 0.29) is 40.0 Å². The Morgan fingerprint density at radius 1 is 1.12 bits per heavy atom. The Kier molecular flexibility index (Phi) is 9.10. The average Bonchev–Trinajstić information content (AvgIpc) is 2.59. The van der Waals surface area contributed by atoms with Gasteiger partial charge in [0.25, 0.3) is 0 Å². The maximum atomic E-state index is 12.4. The minimum atomic E-state index is -3.78. The molecule has 0 aliphatic carbocycles. The molecule has 1 aromatic rings. The van der Waals surface area contributed by atoms with E-state index in [1.165, 1.54) is 25.2 Å². The summed E-state index contributed by atoms with van der Waals surface area (Å²) < 4.78 is 27.3. The molecule has 0 saturated carbocycles. The molecule has 0 aromatic heterocycles. The second kappa shape index (κ2) is 10.5. The zero-order chi connectivity index (χ0) is 18.9. The summed E-state index contributed by atoms with van der Waals surface area (Å²) >= 11 is 6.00. The molecule has 0 bridgehead atoms. The van der Waals surface area contributed by atoms with E-state index in [4.69, 9.17) is 11.6 Å². The van der Waals surface area contributed by atoms with Crippen LogP contribution in [-0.4, -0.2) is 33.7 Å². The van der Waals surface area contributed by atoms with Crippen LogP contribution in [0.4, 0.5) is 0 Å². The summed E-state index contributed by atoms with van der Waals surface area (Å²) in [5.41, 5.74) is 0.222. The Morgan fingerprint density at radius 3 is 2.48 bits per heavy atom. The molecule has 0 saturated heterocycles. The van der Waals surface area contributed by atoms with Gasteiger partial charge >= 0.3 is 0 Å². The van der Waals surface area contributed by atoms with Crippen LogP contribution in [0.1, 0.15) is 55.8 Å². The smallest absolute Gasteiger partial charge is 0.242 e. The van der Waals surface area contributed by atoms with Crippen molar-refractivity contribution in [3.63, 3.8) is 0 Å². The molecule has 0 fully saturated rings. The lowest BCUT2D eigenvalue weighted by Gasteiger charge is -2.10. The second-order valence-electron chi connectivity index (χ2n) is 5.70. The quantitative estimate of drug-likeness (QED) is 0.450. The van der Waals surface area contributed by atoms with E-state index in [2.05, 4.69) is 17.0 Å². The van der Waals surface area contributed by atoms with Crippen molar-refractivity contribution in [2.45, 2.75) is 50.3 Å². The van der Waals surface area contributed by atoms with Crippen LogP contribution >= 0.6 is 11.6 Å². The van der Waals surface area contributed by atoms with Crippen LogP contribution in [0.5, 0.6) is 0 Å². The summed E-state index contributed by atoms with van der Waals surface area (Å²) in [6.07, 6.45) is 3.87. The number of hydrogen-bond donors (Lipinski definition) is 2. The van der Waals surface area contributed by atoms with Gasteiger partial charge in [-0.05, 0) is 24.6 Å². The van der Waals surface area contributed by atoms with Crippen molar-refractivity contribution in [2.75, 3.05) is 13.6 Å². The van der Waals surface area contributed by atoms with Crippen molar-refractivity contribution in [1.29, 1.82) is 0 Å². The van der Waals surface area contributed by atoms with Gasteiger partial charge in [0.15, 0.2) is 5.78 Å². The molecule has 1 rings (SSSR count). The molecule has 0 heterocycles. The summed E-state index contributed by atoms with van der Waals surface area (Å²) in [4.78, 5) is 23.3. The summed E-state index contributed by atoms with van der Waals surface area (Å²) in [5, 5.41) is 2.50. The van der Waals surface area contributed by atoms with E-state index < -0.39 is 10.0 Å². The normalized spacial score (nSPS) is 11.3. The van der Waals surface area contributed by atoms with Crippen molar-refractivity contribution in [1.82, 2.24) is 10.0 Å². The standard InChI is InChI=1S/C17H25ClN2O4S/c1-3-4-5-6-11-20-25(23,24)16-12-13(7-8-14(16)18)15(21)9-10-17(22)19-2/h7-8,12,20H,3-6,9-11H2,1-2H3,(H,19,22). The van der Waals surface area contributed by atoms with Crippen LogP contribution in [0.15, 0.2) is 23.1 Å². The first-order chi connectivity index (χ1) is 11.8. The van der Waals surface area contributed by atoms with Gasteiger partial charge < -0.3 is 5.32 Å². The Morgan fingerprint density at radius 2 is 1.84 bits per heavy atom. The molecule has 1 amide bonds. The predicted octanol–water partition coefficient (Wildman–Crippen LogP) is 2.91. The second-order valence-corrected chi connectivity index (χ2v) is 7.84. The number of nitrogens with one attached hydrogen (secondary N) is 2. The van der Waals surface area contributed by atoms with Crippen molar-refractivity contribution >= 4 is 33.3 Å². The number of ketones is 1. The number of hydrogen-bond acceptors (Lipinski definition) is 4. The predicted molar refractivity (Wildman–Crippen MR) is 98.4 cm³/mol. The summed E-state index contributed by atoms with van der Waals surface area (Å²) in [5.74, 6) is -0.552. The lowest BCUT2D eigenvalue weighted by Crippen LogP contribution is -2.25. The number of sulfonamides is 1. The Labute approximate surface area is 154 Å². The van der Waals surface area contributed by atoms with Gasteiger partial charge in [0.1, 0.15) is 4.90 Å². The Bertz CT molecular complexity index is 705. The number of amides is 1. The molecule has 140 valence electrons. The zero-order valence-electron chi connectivity index (χ0n) is 14.6. The van der Waals surface area contributed by atoms with Gasteiger partial charge in [-0.3, -0.25) is 9.59 Å².